The van der Waals surface area contributed by atoms with Crippen LogP contribution in [0.3, 0.4) is 0 Å². The molecule has 0 unspecified atom stereocenters. The van der Waals surface area contributed by atoms with Crippen molar-refractivity contribution in [2.75, 3.05) is 25.5 Å². The number of ether oxygens (including phenoxy) is 1. The summed E-state index contributed by atoms with van der Waals surface area (Å²) in [6.45, 7) is 1.33. The SMILES string of the molecule is COc1cccc(NC2(CC(=O)O)CNC2)c1. The molecule has 0 radical (unpaired) electrons. The van der Waals surface area contributed by atoms with E-state index in [1.807, 2.05) is 24.3 Å². The molecule has 0 saturated carbocycles. The van der Waals surface area contributed by atoms with E-state index in [4.69, 9.17) is 9.84 Å². The van der Waals surface area contributed by atoms with Crippen molar-refractivity contribution >= 4 is 11.7 Å². The minimum atomic E-state index is -0.790. The fourth-order valence-electron chi connectivity index (χ4n) is 1.98. The minimum absolute atomic E-state index is 0.108. The lowest BCUT2D eigenvalue weighted by Crippen LogP contribution is -2.65. The molecule has 2 rings (SSSR count). The van der Waals surface area contributed by atoms with Crippen LogP contribution in [0.4, 0.5) is 5.69 Å². The molecule has 0 atom stereocenters. The molecule has 3 N–H and O–H groups in total. The first kappa shape index (κ1) is 11.7. The number of methoxy groups -OCH3 is 1. The highest BCUT2D eigenvalue weighted by Gasteiger charge is 2.38. The highest BCUT2D eigenvalue weighted by molar-refractivity contribution is 5.70. The molecule has 1 heterocycles. The topological polar surface area (TPSA) is 70.6 Å². The van der Waals surface area contributed by atoms with Crippen LogP contribution < -0.4 is 15.4 Å². The molecule has 0 bridgehead atoms. The number of carboxylic acid groups (broad SMARTS) is 1. The van der Waals surface area contributed by atoms with Crippen molar-refractivity contribution in [1.29, 1.82) is 0 Å². The van der Waals surface area contributed by atoms with E-state index in [1.165, 1.54) is 0 Å². The van der Waals surface area contributed by atoms with Crippen LogP contribution in [-0.4, -0.2) is 36.8 Å². The Morgan fingerprint density at radius 1 is 1.59 bits per heavy atom. The van der Waals surface area contributed by atoms with Gasteiger partial charge < -0.3 is 20.5 Å². The molecule has 5 heteroatoms. The Hall–Kier alpha value is -1.75. The second kappa shape index (κ2) is 4.63. The van der Waals surface area contributed by atoms with E-state index < -0.39 is 5.97 Å². The standard InChI is InChI=1S/C12H16N2O3/c1-17-10-4-2-3-9(5-10)14-12(6-11(15)16)7-13-8-12/h2-5,13-14H,6-8H2,1H3,(H,15,16). The maximum Gasteiger partial charge on any atom is 0.305 e. The molecule has 0 aromatic heterocycles. The van der Waals surface area contributed by atoms with E-state index in [0.29, 0.717) is 13.1 Å². The number of nitrogens with one attached hydrogen (secondary N) is 2. The van der Waals surface area contributed by atoms with Gasteiger partial charge in [0.2, 0.25) is 0 Å². The summed E-state index contributed by atoms with van der Waals surface area (Å²) < 4.78 is 5.13. The first-order valence-electron chi connectivity index (χ1n) is 5.48. The lowest BCUT2D eigenvalue weighted by atomic mass is 9.88. The largest absolute Gasteiger partial charge is 0.497 e. The lowest BCUT2D eigenvalue weighted by Gasteiger charge is -2.43. The van der Waals surface area contributed by atoms with Gasteiger partial charge in [-0.2, -0.15) is 0 Å². The highest BCUT2D eigenvalue weighted by atomic mass is 16.5. The maximum absolute atomic E-state index is 10.8. The quantitative estimate of drug-likeness (QED) is 0.709. The van der Waals surface area contributed by atoms with Crippen molar-refractivity contribution in [2.24, 2.45) is 0 Å². The van der Waals surface area contributed by atoms with Gasteiger partial charge in [0, 0.05) is 24.8 Å². The lowest BCUT2D eigenvalue weighted by molar-refractivity contribution is -0.138. The predicted molar refractivity (Wildman–Crippen MR) is 64.5 cm³/mol. The van der Waals surface area contributed by atoms with Crippen molar-refractivity contribution in [3.63, 3.8) is 0 Å². The summed E-state index contributed by atoms with van der Waals surface area (Å²) in [6, 6.07) is 7.50. The third kappa shape index (κ3) is 2.68. The number of hydrogen-bond acceptors (Lipinski definition) is 4. The Morgan fingerprint density at radius 2 is 2.35 bits per heavy atom. The van der Waals surface area contributed by atoms with E-state index in [1.54, 1.807) is 7.11 Å². The van der Waals surface area contributed by atoms with Crippen molar-refractivity contribution < 1.29 is 14.6 Å². The summed E-state index contributed by atoms with van der Waals surface area (Å²) in [5.74, 6) is -0.0327. The summed E-state index contributed by atoms with van der Waals surface area (Å²) >= 11 is 0. The third-order valence-electron chi connectivity index (χ3n) is 2.90. The molecule has 5 nitrogen and oxygen atoms in total. The number of anilines is 1. The van der Waals surface area contributed by atoms with Gasteiger partial charge in [-0.1, -0.05) is 6.07 Å². The predicted octanol–water partition coefficient (Wildman–Crippen LogP) is 0.924. The van der Waals surface area contributed by atoms with Crippen LogP contribution in [0.15, 0.2) is 24.3 Å². The molecule has 92 valence electrons. The number of carbonyl (C=O) groups is 1. The number of benzene rings is 1. The second-order valence-electron chi connectivity index (χ2n) is 4.31. The van der Waals surface area contributed by atoms with Crippen molar-refractivity contribution in [1.82, 2.24) is 5.32 Å². The molecule has 1 aromatic carbocycles. The summed E-state index contributed by atoms with van der Waals surface area (Å²) in [5.41, 5.74) is 0.505. The van der Waals surface area contributed by atoms with E-state index in [9.17, 15) is 4.79 Å². The van der Waals surface area contributed by atoms with E-state index in [0.717, 1.165) is 11.4 Å². The number of aliphatic carboxylic acids is 1. The molecule has 1 aromatic rings. The van der Waals surface area contributed by atoms with Crippen LogP contribution in [0.2, 0.25) is 0 Å². The van der Waals surface area contributed by atoms with Gasteiger partial charge in [0.1, 0.15) is 5.75 Å². The molecule has 0 aliphatic carbocycles. The number of rotatable bonds is 5. The van der Waals surface area contributed by atoms with Crippen molar-refractivity contribution in [3.05, 3.63) is 24.3 Å². The van der Waals surface area contributed by atoms with Gasteiger partial charge in [-0.05, 0) is 12.1 Å². The molecular formula is C12H16N2O3. The monoisotopic (exact) mass is 236 g/mol. The van der Waals surface area contributed by atoms with Crippen LogP contribution in [0.1, 0.15) is 6.42 Å². The zero-order chi connectivity index (χ0) is 12.3. The molecule has 17 heavy (non-hydrogen) atoms. The van der Waals surface area contributed by atoms with Crippen LogP contribution in [0.5, 0.6) is 5.75 Å². The zero-order valence-corrected chi connectivity index (χ0v) is 9.69. The molecule has 0 amide bonds. The second-order valence-corrected chi connectivity index (χ2v) is 4.31. The fraction of sp³-hybridized carbons (Fsp3) is 0.417. The van der Waals surface area contributed by atoms with Gasteiger partial charge in [-0.25, -0.2) is 0 Å². The van der Waals surface area contributed by atoms with E-state index in [-0.39, 0.29) is 12.0 Å². The van der Waals surface area contributed by atoms with Crippen molar-refractivity contribution in [3.8, 4) is 5.75 Å². The van der Waals surface area contributed by atoms with Crippen LogP contribution in [0.25, 0.3) is 0 Å². The maximum atomic E-state index is 10.8. The summed E-state index contributed by atoms with van der Waals surface area (Å²) in [5, 5.41) is 15.3. The van der Waals surface area contributed by atoms with E-state index in [2.05, 4.69) is 10.6 Å². The Morgan fingerprint density at radius 3 is 2.88 bits per heavy atom. The molecular weight excluding hydrogens is 220 g/mol. The first-order valence-corrected chi connectivity index (χ1v) is 5.48. The van der Waals surface area contributed by atoms with Crippen LogP contribution >= 0.6 is 0 Å². The van der Waals surface area contributed by atoms with Gasteiger partial charge in [0.25, 0.3) is 0 Å². The molecule has 1 aliphatic rings. The number of carboxylic acids is 1. The zero-order valence-electron chi connectivity index (χ0n) is 9.69. The number of hydrogen-bond donors (Lipinski definition) is 3. The summed E-state index contributed by atoms with van der Waals surface area (Å²) in [6.07, 6.45) is 0.108. The molecule has 0 spiro atoms. The molecule has 1 fully saturated rings. The average Bonchev–Trinajstić information content (AvgIpc) is 2.26. The average molecular weight is 236 g/mol. The Bertz CT molecular complexity index is 416. The smallest absolute Gasteiger partial charge is 0.305 e. The fourth-order valence-corrected chi connectivity index (χ4v) is 1.98. The van der Waals surface area contributed by atoms with Gasteiger partial charge >= 0.3 is 5.97 Å². The van der Waals surface area contributed by atoms with Gasteiger partial charge in [0.15, 0.2) is 0 Å². The minimum Gasteiger partial charge on any atom is -0.497 e. The van der Waals surface area contributed by atoms with Gasteiger partial charge in [-0.3, -0.25) is 4.79 Å². The highest BCUT2D eigenvalue weighted by Crippen LogP contribution is 2.25. The van der Waals surface area contributed by atoms with E-state index >= 15 is 0 Å². The summed E-state index contributed by atoms with van der Waals surface area (Å²) in [7, 11) is 1.61. The molecule has 1 aliphatic heterocycles. The third-order valence-corrected chi connectivity index (χ3v) is 2.90. The first-order chi connectivity index (χ1) is 8.13. The Balaban J connectivity index is 2.09. The summed E-state index contributed by atoms with van der Waals surface area (Å²) in [4.78, 5) is 10.8. The Kier molecular flexibility index (Phi) is 3.19. The van der Waals surface area contributed by atoms with Crippen LogP contribution in [-0.2, 0) is 4.79 Å². The molecule has 1 saturated heterocycles. The van der Waals surface area contributed by atoms with Crippen molar-refractivity contribution in [2.45, 2.75) is 12.0 Å². The van der Waals surface area contributed by atoms with Crippen LogP contribution in [0, 0.1) is 0 Å². The van der Waals surface area contributed by atoms with Gasteiger partial charge in [0.05, 0.1) is 19.1 Å². The van der Waals surface area contributed by atoms with Gasteiger partial charge in [-0.15, -0.1) is 0 Å². The normalized spacial score (nSPS) is 17.0. The Labute approximate surface area is 99.8 Å².